The van der Waals surface area contributed by atoms with Gasteiger partial charge in [0.05, 0.1) is 5.69 Å². The molecule has 1 aromatic rings. The van der Waals surface area contributed by atoms with Crippen LogP contribution in [0, 0.1) is 6.92 Å². The van der Waals surface area contributed by atoms with Gasteiger partial charge in [0, 0.05) is 11.8 Å². The molecule has 0 amide bonds. The summed E-state index contributed by atoms with van der Waals surface area (Å²) >= 11 is 5.06. The van der Waals surface area contributed by atoms with Crippen LogP contribution in [-0.4, -0.2) is 16.3 Å². The molecule has 0 spiro atoms. The number of nitrogens with one attached hydrogen (secondary N) is 1. The van der Waals surface area contributed by atoms with Crippen LogP contribution < -0.4 is 5.43 Å². The average Bonchev–Trinajstić information content (AvgIpc) is 2.12. The Hall–Kier alpha value is -0.880. The highest BCUT2D eigenvalue weighted by molar-refractivity contribution is 6.21. The van der Waals surface area contributed by atoms with Crippen molar-refractivity contribution in [1.29, 1.82) is 0 Å². The Labute approximate surface area is 99.7 Å². The van der Waals surface area contributed by atoms with Gasteiger partial charge in [0.1, 0.15) is 0 Å². The highest BCUT2D eigenvalue weighted by atomic mass is 35.5. The molecule has 0 saturated heterocycles. The van der Waals surface area contributed by atoms with Gasteiger partial charge in [-0.15, -0.1) is 24.0 Å². The maximum atomic E-state index is 12.2. The Balaban J connectivity index is 0.00000225. The van der Waals surface area contributed by atoms with Crippen molar-refractivity contribution in [3.05, 3.63) is 27.7 Å². The highest BCUT2D eigenvalue weighted by Gasteiger charge is 2.41. The number of hydrogen-bond donors (Lipinski definition) is 2. The summed E-state index contributed by atoms with van der Waals surface area (Å²) < 4.78 is 36.5. The van der Waals surface area contributed by atoms with Crippen molar-refractivity contribution in [3.63, 3.8) is 0 Å². The van der Waals surface area contributed by atoms with Crippen LogP contribution in [0.4, 0.5) is 13.2 Å². The number of pyridine rings is 1. The van der Waals surface area contributed by atoms with E-state index in [0.717, 1.165) is 6.20 Å². The van der Waals surface area contributed by atoms with Crippen LogP contribution in [0.15, 0.2) is 11.0 Å². The van der Waals surface area contributed by atoms with E-state index in [1.54, 1.807) is 0 Å². The molecule has 0 radical (unpaired) electrons. The van der Waals surface area contributed by atoms with Gasteiger partial charge in [-0.2, -0.15) is 13.2 Å². The Morgan fingerprint density at radius 3 is 2.44 bits per heavy atom. The highest BCUT2D eigenvalue weighted by Crippen LogP contribution is 2.36. The van der Waals surface area contributed by atoms with E-state index in [-0.39, 0.29) is 18.1 Å². The molecule has 1 unspecified atom stereocenters. The first-order valence-electron chi connectivity index (χ1n) is 3.87. The normalized spacial score (nSPS) is 13.1. The van der Waals surface area contributed by atoms with Gasteiger partial charge in [-0.1, -0.05) is 0 Å². The van der Waals surface area contributed by atoms with Crippen molar-refractivity contribution >= 4 is 24.0 Å². The standard InChI is InChI=1S/C8H7ClF3NO2.ClH/c1-3-5(14)6(15)4(2-13-3)7(9)8(10,11)12;/h2,7,14H,1H3,(H,13,15);1H. The smallest absolute Gasteiger partial charge is 0.409 e. The van der Waals surface area contributed by atoms with E-state index in [1.807, 2.05) is 0 Å². The first-order valence-corrected chi connectivity index (χ1v) is 4.30. The van der Waals surface area contributed by atoms with Crippen molar-refractivity contribution in [2.24, 2.45) is 0 Å². The van der Waals surface area contributed by atoms with Crippen LogP contribution in [0.2, 0.25) is 0 Å². The monoisotopic (exact) mass is 277 g/mol. The van der Waals surface area contributed by atoms with Gasteiger partial charge in [0.15, 0.2) is 11.1 Å². The van der Waals surface area contributed by atoms with Crippen LogP contribution >= 0.6 is 24.0 Å². The molecule has 1 heterocycles. The number of rotatable bonds is 1. The van der Waals surface area contributed by atoms with Crippen molar-refractivity contribution in [2.45, 2.75) is 18.5 Å². The third-order valence-corrected chi connectivity index (χ3v) is 2.32. The molecular weight excluding hydrogens is 270 g/mol. The van der Waals surface area contributed by atoms with E-state index in [0.29, 0.717) is 0 Å². The Morgan fingerprint density at radius 2 is 2.00 bits per heavy atom. The average molecular weight is 278 g/mol. The molecule has 0 aliphatic rings. The summed E-state index contributed by atoms with van der Waals surface area (Å²) in [6.45, 7) is 1.36. The lowest BCUT2D eigenvalue weighted by Gasteiger charge is -2.13. The second kappa shape index (κ2) is 4.97. The van der Waals surface area contributed by atoms with E-state index in [9.17, 15) is 18.0 Å². The number of H-pyrrole nitrogens is 1. The SMILES string of the molecule is Cc1[nH]cc(C(Cl)C(F)(F)F)c(=O)c1O.Cl. The van der Waals surface area contributed by atoms with E-state index >= 15 is 0 Å². The van der Waals surface area contributed by atoms with Gasteiger partial charge in [0.2, 0.25) is 5.43 Å². The van der Waals surface area contributed by atoms with Crippen molar-refractivity contribution < 1.29 is 18.3 Å². The van der Waals surface area contributed by atoms with Crippen LogP contribution in [0.1, 0.15) is 16.6 Å². The largest absolute Gasteiger partial charge is 0.503 e. The number of aromatic amines is 1. The molecule has 2 N–H and O–H groups in total. The summed E-state index contributed by atoms with van der Waals surface area (Å²) in [5.41, 5.74) is -1.73. The summed E-state index contributed by atoms with van der Waals surface area (Å²) in [5.74, 6) is -0.748. The van der Waals surface area contributed by atoms with E-state index in [2.05, 4.69) is 4.98 Å². The number of aromatic hydroxyl groups is 1. The van der Waals surface area contributed by atoms with Gasteiger partial charge >= 0.3 is 6.18 Å². The third kappa shape index (κ3) is 2.82. The van der Waals surface area contributed by atoms with Gasteiger partial charge in [0.25, 0.3) is 0 Å². The fourth-order valence-corrected chi connectivity index (χ4v) is 1.15. The third-order valence-electron chi connectivity index (χ3n) is 1.84. The van der Waals surface area contributed by atoms with Gasteiger partial charge in [-0.25, -0.2) is 0 Å². The number of aromatic nitrogens is 1. The van der Waals surface area contributed by atoms with E-state index in [1.165, 1.54) is 6.92 Å². The molecule has 0 bridgehead atoms. The fourth-order valence-electron chi connectivity index (χ4n) is 0.992. The molecule has 0 aliphatic heterocycles. The minimum absolute atomic E-state index is 0. The first-order chi connectivity index (χ1) is 6.75. The van der Waals surface area contributed by atoms with Gasteiger partial charge < -0.3 is 10.1 Å². The predicted molar refractivity (Wildman–Crippen MR) is 55.4 cm³/mol. The molecule has 1 rings (SSSR count). The van der Waals surface area contributed by atoms with Crippen LogP contribution in [-0.2, 0) is 0 Å². The predicted octanol–water partition coefficient (Wildman–Crippen LogP) is 2.65. The van der Waals surface area contributed by atoms with Gasteiger partial charge in [-0.3, -0.25) is 4.79 Å². The summed E-state index contributed by atoms with van der Waals surface area (Å²) in [6.07, 6.45) is -3.88. The topological polar surface area (TPSA) is 53.1 Å². The molecule has 1 atom stereocenters. The lowest BCUT2D eigenvalue weighted by molar-refractivity contribution is -0.131. The van der Waals surface area contributed by atoms with E-state index in [4.69, 9.17) is 16.7 Å². The Morgan fingerprint density at radius 1 is 1.50 bits per heavy atom. The number of hydrogen-bond acceptors (Lipinski definition) is 2. The lowest BCUT2D eigenvalue weighted by Crippen LogP contribution is -2.22. The molecule has 8 heteroatoms. The Bertz CT molecular complexity index is 430. The van der Waals surface area contributed by atoms with Crippen molar-refractivity contribution in [2.75, 3.05) is 0 Å². The molecule has 92 valence electrons. The number of aryl methyl sites for hydroxylation is 1. The zero-order valence-electron chi connectivity index (χ0n) is 7.93. The maximum Gasteiger partial charge on any atom is 0.409 e. The molecule has 0 aromatic carbocycles. The fraction of sp³-hybridized carbons (Fsp3) is 0.375. The number of halogens is 5. The molecule has 3 nitrogen and oxygen atoms in total. The minimum Gasteiger partial charge on any atom is -0.503 e. The molecule has 0 aliphatic carbocycles. The van der Waals surface area contributed by atoms with Crippen LogP contribution in [0.5, 0.6) is 5.75 Å². The first kappa shape index (κ1) is 15.1. The number of alkyl halides is 4. The molecule has 0 fully saturated rings. The van der Waals surface area contributed by atoms with Crippen molar-refractivity contribution in [3.8, 4) is 5.75 Å². The summed E-state index contributed by atoms with van der Waals surface area (Å²) in [6, 6.07) is 0. The summed E-state index contributed by atoms with van der Waals surface area (Å²) in [4.78, 5) is 13.6. The molecule has 1 aromatic heterocycles. The van der Waals surface area contributed by atoms with Gasteiger partial charge in [-0.05, 0) is 6.92 Å². The van der Waals surface area contributed by atoms with Crippen LogP contribution in [0.3, 0.4) is 0 Å². The molecular formula is C8H8Cl2F3NO2. The zero-order chi connectivity index (χ0) is 11.8. The van der Waals surface area contributed by atoms with Crippen LogP contribution in [0.25, 0.3) is 0 Å². The maximum absolute atomic E-state index is 12.2. The zero-order valence-corrected chi connectivity index (χ0v) is 9.50. The summed E-state index contributed by atoms with van der Waals surface area (Å²) in [5, 5.41) is 6.71. The second-order valence-corrected chi connectivity index (χ2v) is 3.39. The molecule has 16 heavy (non-hydrogen) atoms. The Kier molecular flexibility index (Phi) is 4.69. The quantitative estimate of drug-likeness (QED) is 0.776. The summed E-state index contributed by atoms with van der Waals surface area (Å²) in [7, 11) is 0. The second-order valence-electron chi connectivity index (χ2n) is 2.95. The van der Waals surface area contributed by atoms with Crippen molar-refractivity contribution in [1.82, 2.24) is 4.98 Å². The molecule has 0 saturated carbocycles. The minimum atomic E-state index is -4.73. The van der Waals surface area contributed by atoms with E-state index < -0.39 is 28.3 Å². The lowest BCUT2D eigenvalue weighted by atomic mass is 10.1.